The molecule has 0 aromatic carbocycles. The molecule has 1 fully saturated rings. The van der Waals surface area contributed by atoms with Crippen LogP contribution in [0.1, 0.15) is 40.0 Å². The number of nitrogens with one attached hydrogen (secondary N) is 1. The fraction of sp³-hybridized carbons (Fsp3) is 0.889. The van der Waals surface area contributed by atoms with E-state index in [9.17, 15) is 0 Å². The molecule has 0 aromatic heterocycles. The van der Waals surface area contributed by atoms with E-state index in [1.807, 2.05) is 0 Å². The van der Waals surface area contributed by atoms with Crippen molar-refractivity contribution < 1.29 is 0 Å². The fourth-order valence-corrected chi connectivity index (χ4v) is 1.50. The number of hydrogen-bond acceptors (Lipinski definition) is 1. The standard InChI is InChI=1S/C8H16.CH3N/c1-7-5-4-6-8(7,2)3;1-2/h7H,4-6H2,1-3H3;2H,1H2. The SMILES string of the molecule is C=N.CC1CCCC1(C)C. The Morgan fingerprint density at radius 1 is 1.40 bits per heavy atom. The van der Waals surface area contributed by atoms with Crippen LogP contribution in [0.3, 0.4) is 0 Å². The van der Waals surface area contributed by atoms with Gasteiger partial charge in [0, 0.05) is 0 Å². The van der Waals surface area contributed by atoms with Gasteiger partial charge in [-0.05, 0) is 24.5 Å². The molecule has 1 atom stereocenters. The smallest absolute Gasteiger partial charge is 0.0187 e. The molecule has 1 aliphatic carbocycles. The van der Waals surface area contributed by atoms with Crippen LogP contribution in [0.2, 0.25) is 0 Å². The Morgan fingerprint density at radius 3 is 2.00 bits per heavy atom. The molecule has 0 spiro atoms. The van der Waals surface area contributed by atoms with Crippen LogP contribution >= 0.6 is 0 Å². The Kier molecular flexibility index (Phi) is 3.62. The molecule has 0 saturated heterocycles. The van der Waals surface area contributed by atoms with Crippen molar-refractivity contribution in [2.24, 2.45) is 11.3 Å². The van der Waals surface area contributed by atoms with Crippen LogP contribution in [0.4, 0.5) is 0 Å². The van der Waals surface area contributed by atoms with E-state index in [0.29, 0.717) is 5.41 Å². The van der Waals surface area contributed by atoms with Crippen molar-refractivity contribution in [3.05, 3.63) is 0 Å². The van der Waals surface area contributed by atoms with E-state index in [1.165, 1.54) is 19.3 Å². The maximum Gasteiger partial charge on any atom is -0.0187 e. The maximum atomic E-state index is 5.50. The normalized spacial score (nSPS) is 28.9. The van der Waals surface area contributed by atoms with Crippen LogP contribution < -0.4 is 0 Å². The molecule has 1 rings (SSSR count). The van der Waals surface area contributed by atoms with Crippen molar-refractivity contribution in [3.8, 4) is 0 Å². The van der Waals surface area contributed by atoms with Crippen molar-refractivity contribution >= 4 is 6.72 Å². The molecule has 0 amide bonds. The van der Waals surface area contributed by atoms with E-state index in [0.717, 1.165) is 5.92 Å². The summed E-state index contributed by atoms with van der Waals surface area (Å²) in [6, 6.07) is 0. The highest BCUT2D eigenvalue weighted by Crippen LogP contribution is 2.41. The summed E-state index contributed by atoms with van der Waals surface area (Å²) in [4.78, 5) is 0. The molecular formula is C9H19N. The zero-order valence-corrected chi connectivity index (χ0v) is 7.41. The fourth-order valence-electron chi connectivity index (χ4n) is 1.50. The van der Waals surface area contributed by atoms with Crippen molar-refractivity contribution in [2.45, 2.75) is 40.0 Å². The lowest BCUT2D eigenvalue weighted by Gasteiger charge is -2.22. The van der Waals surface area contributed by atoms with E-state index in [4.69, 9.17) is 5.41 Å². The summed E-state index contributed by atoms with van der Waals surface area (Å²) in [6.07, 6.45) is 4.34. The Balaban J connectivity index is 0.000000371. The molecule has 0 aromatic rings. The lowest BCUT2D eigenvalue weighted by Crippen LogP contribution is -2.13. The largest absolute Gasteiger partial charge is 0.317 e. The third kappa shape index (κ3) is 2.13. The molecule has 1 heteroatoms. The van der Waals surface area contributed by atoms with Gasteiger partial charge in [-0.2, -0.15) is 0 Å². The predicted octanol–water partition coefficient (Wildman–Crippen LogP) is 3.10. The highest BCUT2D eigenvalue weighted by Gasteiger charge is 2.30. The van der Waals surface area contributed by atoms with Gasteiger partial charge in [0.15, 0.2) is 0 Å². The van der Waals surface area contributed by atoms with E-state index in [2.05, 4.69) is 27.5 Å². The van der Waals surface area contributed by atoms with Gasteiger partial charge in [0.05, 0.1) is 0 Å². The average Bonchev–Trinajstić information content (AvgIpc) is 2.17. The van der Waals surface area contributed by atoms with Gasteiger partial charge in [-0.1, -0.05) is 33.6 Å². The number of rotatable bonds is 0. The first kappa shape index (κ1) is 9.67. The lowest BCUT2D eigenvalue weighted by atomic mass is 9.83. The van der Waals surface area contributed by atoms with Gasteiger partial charge in [-0.3, -0.25) is 0 Å². The first-order valence-electron chi connectivity index (χ1n) is 3.98. The summed E-state index contributed by atoms with van der Waals surface area (Å²) in [6.45, 7) is 9.63. The van der Waals surface area contributed by atoms with E-state index >= 15 is 0 Å². The zero-order chi connectivity index (χ0) is 8.20. The molecule has 0 radical (unpaired) electrons. The van der Waals surface area contributed by atoms with Crippen molar-refractivity contribution in [2.75, 3.05) is 0 Å². The average molecular weight is 141 g/mol. The number of hydrogen-bond donors (Lipinski definition) is 1. The minimum Gasteiger partial charge on any atom is -0.317 e. The summed E-state index contributed by atoms with van der Waals surface area (Å²) in [5.74, 6) is 0.961. The molecule has 0 heterocycles. The van der Waals surface area contributed by atoms with Crippen LogP contribution in [-0.2, 0) is 0 Å². The van der Waals surface area contributed by atoms with Crippen LogP contribution in [0.5, 0.6) is 0 Å². The predicted molar refractivity (Wildman–Crippen MR) is 46.6 cm³/mol. The second-order valence-corrected chi connectivity index (χ2v) is 3.78. The first-order valence-corrected chi connectivity index (χ1v) is 3.98. The highest BCUT2D eigenvalue weighted by molar-refractivity contribution is 5.15. The van der Waals surface area contributed by atoms with Gasteiger partial charge in [0.1, 0.15) is 0 Å². The Morgan fingerprint density at radius 2 is 1.90 bits per heavy atom. The van der Waals surface area contributed by atoms with Gasteiger partial charge in [-0.15, -0.1) is 0 Å². The van der Waals surface area contributed by atoms with Gasteiger partial charge in [0.25, 0.3) is 0 Å². The minimum atomic E-state index is 0.653. The van der Waals surface area contributed by atoms with Crippen LogP contribution in [0, 0.1) is 16.7 Å². The van der Waals surface area contributed by atoms with Gasteiger partial charge in [0.2, 0.25) is 0 Å². The minimum absolute atomic E-state index is 0.653. The molecule has 1 N–H and O–H groups in total. The van der Waals surface area contributed by atoms with Gasteiger partial charge >= 0.3 is 0 Å². The molecule has 1 saturated carbocycles. The maximum absolute atomic E-state index is 5.50. The second-order valence-electron chi connectivity index (χ2n) is 3.78. The molecule has 1 aliphatic rings. The van der Waals surface area contributed by atoms with E-state index in [-0.39, 0.29) is 0 Å². The molecule has 60 valence electrons. The van der Waals surface area contributed by atoms with Crippen molar-refractivity contribution in [1.29, 1.82) is 5.41 Å². The van der Waals surface area contributed by atoms with Gasteiger partial charge < -0.3 is 5.41 Å². The Hall–Kier alpha value is -0.330. The summed E-state index contributed by atoms with van der Waals surface area (Å²) in [7, 11) is 0. The second kappa shape index (κ2) is 3.75. The quantitative estimate of drug-likeness (QED) is 0.501. The van der Waals surface area contributed by atoms with E-state index < -0.39 is 0 Å². The molecule has 1 unspecified atom stereocenters. The van der Waals surface area contributed by atoms with Crippen molar-refractivity contribution in [3.63, 3.8) is 0 Å². The summed E-state index contributed by atoms with van der Waals surface area (Å²) < 4.78 is 0. The summed E-state index contributed by atoms with van der Waals surface area (Å²) in [5, 5.41) is 5.50. The van der Waals surface area contributed by atoms with Crippen molar-refractivity contribution in [1.82, 2.24) is 0 Å². The molecular weight excluding hydrogens is 122 g/mol. The molecule has 1 nitrogen and oxygen atoms in total. The highest BCUT2D eigenvalue weighted by atomic mass is 14.4. The molecule has 10 heavy (non-hydrogen) atoms. The Labute approximate surface area is 64.3 Å². The van der Waals surface area contributed by atoms with Crippen LogP contribution in [0.15, 0.2) is 0 Å². The van der Waals surface area contributed by atoms with Gasteiger partial charge in [-0.25, -0.2) is 0 Å². The molecule has 0 aliphatic heterocycles. The first-order chi connectivity index (χ1) is 4.63. The topological polar surface area (TPSA) is 23.9 Å². The Bertz CT molecular complexity index is 96.9. The van der Waals surface area contributed by atoms with E-state index in [1.54, 1.807) is 0 Å². The molecule has 0 bridgehead atoms. The third-order valence-corrected chi connectivity index (χ3v) is 2.79. The summed E-state index contributed by atoms with van der Waals surface area (Å²) >= 11 is 0. The summed E-state index contributed by atoms with van der Waals surface area (Å²) in [5.41, 5.74) is 0.653. The lowest BCUT2D eigenvalue weighted by molar-refractivity contribution is 0.281. The zero-order valence-electron chi connectivity index (χ0n) is 7.41. The van der Waals surface area contributed by atoms with Crippen LogP contribution in [0.25, 0.3) is 0 Å². The van der Waals surface area contributed by atoms with Crippen LogP contribution in [-0.4, -0.2) is 6.72 Å². The third-order valence-electron chi connectivity index (χ3n) is 2.79. The monoisotopic (exact) mass is 141 g/mol.